The summed E-state index contributed by atoms with van der Waals surface area (Å²) in [5, 5.41) is 21.2. The van der Waals surface area contributed by atoms with E-state index < -0.39 is 11.0 Å². The average Bonchev–Trinajstić information content (AvgIpc) is 2.84. The number of hydrogen-bond donors (Lipinski definition) is 1. The van der Waals surface area contributed by atoms with Gasteiger partial charge in [0.15, 0.2) is 5.00 Å². The van der Waals surface area contributed by atoms with Crippen molar-refractivity contribution in [1.82, 2.24) is 4.90 Å². The van der Waals surface area contributed by atoms with Crippen molar-refractivity contribution in [3.05, 3.63) is 21.1 Å². The van der Waals surface area contributed by atoms with Crippen LogP contribution >= 0.6 is 11.3 Å². The molecule has 0 aliphatic carbocycles. The number of thiophene rings is 1. The zero-order valence-corrected chi connectivity index (χ0v) is 12.2. The molecule has 8 heteroatoms. The largest absolute Gasteiger partial charge is 0.388 e. The van der Waals surface area contributed by atoms with Gasteiger partial charge in [-0.15, -0.1) is 11.3 Å². The molecular weight excluding hydrogens is 282 g/mol. The highest BCUT2D eigenvalue weighted by Gasteiger charge is 2.28. The number of aliphatic hydroxyl groups excluding tert-OH is 1. The standard InChI is InChI=1S/C12H17N3O4S/c1-8(16)11-7-10(15(18)19)12(20-11)14-5-3-13(4-6-14)9(2)17/h7-8,16H,3-6H2,1-2H3. The van der Waals surface area contributed by atoms with Gasteiger partial charge in [-0.3, -0.25) is 14.9 Å². The number of carbonyl (C=O) groups is 1. The lowest BCUT2D eigenvalue weighted by Crippen LogP contribution is -2.48. The van der Waals surface area contributed by atoms with Crippen molar-refractivity contribution in [1.29, 1.82) is 0 Å². The molecule has 1 N–H and O–H groups in total. The Morgan fingerprint density at radius 2 is 2.05 bits per heavy atom. The highest BCUT2D eigenvalue weighted by Crippen LogP contribution is 2.40. The second kappa shape index (κ2) is 5.76. The molecule has 0 saturated carbocycles. The molecule has 1 aromatic rings. The maximum atomic E-state index is 11.3. The molecule has 1 fully saturated rings. The number of nitrogens with zero attached hydrogens (tertiary/aromatic N) is 3. The fourth-order valence-electron chi connectivity index (χ4n) is 2.18. The van der Waals surface area contributed by atoms with Crippen LogP contribution in [0.3, 0.4) is 0 Å². The second-order valence-corrected chi connectivity index (χ2v) is 5.83. The Balaban J connectivity index is 2.20. The molecule has 2 heterocycles. The van der Waals surface area contributed by atoms with E-state index >= 15 is 0 Å². The predicted molar refractivity (Wildman–Crippen MR) is 76.1 cm³/mol. The van der Waals surface area contributed by atoms with Crippen LogP contribution in [0.2, 0.25) is 0 Å². The number of hydrogen-bond acceptors (Lipinski definition) is 6. The Kier molecular flexibility index (Phi) is 4.24. The molecule has 1 unspecified atom stereocenters. The van der Waals surface area contributed by atoms with Crippen LogP contribution in [0.5, 0.6) is 0 Å². The normalized spacial score (nSPS) is 17.1. The number of piperazine rings is 1. The van der Waals surface area contributed by atoms with E-state index in [1.807, 2.05) is 4.90 Å². The van der Waals surface area contributed by atoms with Crippen LogP contribution in [0.25, 0.3) is 0 Å². The van der Waals surface area contributed by atoms with Gasteiger partial charge in [0.05, 0.1) is 11.0 Å². The van der Waals surface area contributed by atoms with Gasteiger partial charge in [0, 0.05) is 44.0 Å². The van der Waals surface area contributed by atoms with Crippen LogP contribution < -0.4 is 4.90 Å². The molecular formula is C12H17N3O4S. The fourth-order valence-corrected chi connectivity index (χ4v) is 3.29. The minimum Gasteiger partial charge on any atom is -0.388 e. The fraction of sp³-hybridized carbons (Fsp3) is 0.583. The van der Waals surface area contributed by atoms with Crippen molar-refractivity contribution in [2.75, 3.05) is 31.1 Å². The van der Waals surface area contributed by atoms with Crippen LogP contribution in [-0.4, -0.2) is 47.0 Å². The van der Waals surface area contributed by atoms with E-state index in [4.69, 9.17) is 0 Å². The van der Waals surface area contributed by atoms with Crippen LogP contribution in [0.15, 0.2) is 6.07 Å². The monoisotopic (exact) mass is 299 g/mol. The lowest BCUT2D eigenvalue weighted by Gasteiger charge is -2.34. The van der Waals surface area contributed by atoms with E-state index in [1.165, 1.54) is 24.3 Å². The Labute approximate surface area is 120 Å². The van der Waals surface area contributed by atoms with E-state index in [-0.39, 0.29) is 11.6 Å². The molecule has 1 amide bonds. The van der Waals surface area contributed by atoms with Crippen LogP contribution in [-0.2, 0) is 4.79 Å². The van der Waals surface area contributed by atoms with Crippen molar-refractivity contribution < 1.29 is 14.8 Å². The van der Waals surface area contributed by atoms with Gasteiger partial charge in [0.1, 0.15) is 0 Å². The molecule has 1 aliphatic rings. The lowest BCUT2D eigenvalue weighted by molar-refractivity contribution is -0.383. The Morgan fingerprint density at radius 1 is 1.45 bits per heavy atom. The summed E-state index contributed by atoms with van der Waals surface area (Å²) in [6.07, 6.45) is -0.717. The van der Waals surface area contributed by atoms with Gasteiger partial charge in [-0.25, -0.2) is 0 Å². The molecule has 1 atom stereocenters. The third kappa shape index (κ3) is 2.91. The topological polar surface area (TPSA) is 86.9 Å². The molecule has 7 nitrogen and oxygen atoms in total. The number of nitro groups is 1. The Morgan fingerprint density at radius 3 is 2.50 bits per heavy atom. The summed E-state index contributed by atoms with van der Waals surface area (Å²) >= 11 is 1.24. The van der Waals surface area contributed by atoms with Gasteiger partial charge in [0.25, 0.3) is 0 Å². The van der Waals surface area contributed by atoms with Crippen molar-refractivity contribution >= 4 is 27.9 Å². The summed E-state index contributed by atoms with van der Waals surface area (Å²) in [5.74, 6) is 0.0231. The third-order valence-electron chi connectivity index (χ3n) is 3.33. The average molecular weight is 299 g/mol. The van der Waals surface area contributed by atoms with Gasteiger partial charge in [-0.05, 0) is 6.92 Å². The molecule has 1 aliphatic heterocycles. The summed E-state index contributed by atoms with van der Waals surface area (Å²) < 4.78 is 0. The maximum absolute atomic E-state index is 11.3. The smallest absolute Gasteiger partial charge is 0.304 e. The van der Waals surface area contributed by atoms with E-state index in [9.17, 15) is 20.0 Å². The minimum atomic E-state index is -0.717. The molecule has 0 bridgehead atoms. The van der Waals surface area contributed by atoms with Crippen molar-refractivity contribution in [2.24, 2.45) is 0 Å². The second-order valence-electron chi connectivity index (χ2n) is 4.77. The number of rotatable bonds is 3. The first-order chi connectivity index (χ1) is 9.40. The summed E-state index contributed by atoms with van der Waals surface area (Å²) in [4.78, 5) is 26.2. The summed E-state index contributed by atoms with van der Waals surface area (Å²) in [6.45, 7) is 5.38. The molecule has 20 heavy (non-hydrogen) atoms. The number of anilines is 1. The van der Waals surface area contributed by atoms with Gasteiger partial charge in [-0.2, -0.15) is 0 Å². The molecule has 0 spiro atoms. The van der Waals surface area contributed by atoms with E-state index in [0.717, 1.165) is 0 Å². The predicted octanol–water partition coefficient (Wildman–Crippen LogP) is 1.38. The van der Waals surface area contributed by atoms with Crippen LogP contribution in [0, 0.1) is 10.1 Å². The number of aliphatic hydroxyl groups is 1. The first-order valence-electron chi connectivity index (χ1n) is 6.36. The van der Waals surface area contributed by atoms with Crippen molar-refractivity contribution in [3.63, 3.8) is 0 Å². The highest BCUT2D eigenvalue weighted by molar-refractivity contribution is 7.16. The van der Waals surface area contributed by atoms with Crippen molar-refractivity contribution in [3.8, 4) is 0 Å². The Bertz CT molecular complexity index is 521. The summed E-state index contributed by atoms with van der Waals surface area (Å²) in [5.41, 5.74) is 0.0298. The first kappa shape index (κ1) is 14.7. The van der Waals surface area contributed by atoms with E-state index in [1.54, 1.807) is 11.8 Å². The Hall–Kier alpha value is -1.67. The highest BCUT2D eigenvalue weighted by atomic mass is 32.1. The van der Waals surface area contributed by atoms with E-state index in [0.29, 0.717) is 36.1 Å². The maximum Gasteiger partial charge on any atom is 0.304 e. The molecule has 0 radical (unpaired) electrons. The molecule has 110 valence electrons. The third-order valence-corrected chi connectivity index (χ3v) is 4.69. The molecule has 2 rings (SSSR count). The zero-order chi connectivity index (χ0) is 14.9. The summed E-state index contributed by atoms with van der Waals surface area (Å²) in [6, 6.07) is 1.43. The SMILES string of the molecule is CC(=O)N1CCN(c2sc(C(C)O)cc2[N+](=O)[O-])CC1. The van der Waals surface area contributed by atoms with E-state index in [2.05, 4.69) is 0 Å². The van der Waals surface area contributed by atoms with Crippen molar-refractivity contribution in [2.45, 2.75) is 20.0 Å². The zero-order valence-electron chi connectivity index (χ0n) is 11.4. The molecule has 1 saturated heterocycles. The molecule has 0 aromatic carbocycles. The van der Waals surface area contributed by atoms with Gasteiger partial charge in [0.2, 0.25) is 5.91 Å². The first-order valence-corrected chi connectivity index (χ1v) is 7.18. The molecule has 1 aromatic heterocycles. The lowest BCUT2D eigenvalue weighted by atomic mass is 10.3. The number of carbonyl (C=O) groups excluding carboxylic acids is 1. The van der Waals surface area contributed by atoms with Gasteiger partial charge in [-0.1, -0.05) is 0 Å². The van der Waals surface area contributed by atoms with Crippen LogP contribution in [0.4, 0.5) is 10.7 Å². The quantitative estimate of drug-likeness (QED) is 0.673. The number of amides is 1. The minimum absolute atomic E-state index is 0.0231. The van der Waals surface area contributed by atoms with Gasteiger partial charge >= 0.3 is 5.69 Å². The summed E-state index contributed by atoms with van der Waals surface area (Å²) in [7, 11) is 0. The van der Waals surface area contributed by atoms with Crippen LogP contribution in [0.1, 0.15) is 24.8 Å². The van der Waals surface area contributed by atoms with Gasteiger partial charge < -0.3 is 14.9 Å².